The van der Waals surface area contributed by atoms with Crippen molar-refractivity contribution in [2.24, 2.45) is 0 Å². The van der Waals surface area contributed by atoms with E-state index in [0.29, 0.717) is 17.7 Å². The minimum absolute atomic E-state index is 0.158. The van der Waals surface area contributed by atoms with Crippen molar-refractivity contribution in [2.75, 3.05) is 0 Å². The Hall–Kier alpha value is -2.24. The van der Waals surface area contributed by atoms with Gasteiger partial charge in [0.25, 0.3) is 11.8 Å². The zero-order valence-corrected chi connectivity index (χ0v) is 17.7. The van der Waals surface area contributed by atoms with Gasteiger partial charge in [-0.1, -0.05) is 57.2 Å². The van der Waals surface area contributed by atoms with Gasteiger partial charge in [0.05, 0.1) is 24.3 Å². The Balaban J connectivity index is 1.72. The second kappa shape index (κ2) is 7.06. The highest BCUT2D eigenvalue weighted by Gasteiger charge is 2.37. The zero-order chi connectivity index (χ0) is 19.8. The molecule has 0 saturated heterocycles. The first-order valence-electron chi connectivity index (χ1n) is 9.27. The highest BCUT2D eigenvalue weighted by molar-refractivity contribution is 6.74. The van der Waals surface area contributed by atoms with Crippen LogP contribution in [0.25, 0.3) is 0 Å². The molecule has 0 N–H and O–H groups in total. The number of carbonyl (C=O) groups excluding carboxylic acids is 2. The lowest BCUT2D eigenvalue weighted by atomic mass is 10.1. The Labute approximate surface area is 162 Å². The maximum atomic E-state index is 12.5. The summed E-state index contributed by atoms with van der Waals surface area (Å²) in [7, 11) is -1.82. The number of rotatable bonds is 5. The number of benzene rings is 2. The van der Waals surface area contributed by atoms with Crippen molar-refractivity contribution in [2.45, 2.75) is 52.1 Å². The molecule has 0 spiro atoms. The van der Waals surface area contributed by atoms with E-state index in [2.05, 4.69) is 33.9 Å². The van der Waals surface area contributed by atoms with Crippen LogP contribution in [-0.2, 0) is 17.6 Å². The third-order valence-electron chi connectivity index (χ3n) is 5.62. The van der Waals surface area contributed by atoms with Gasteiger partial charge in [-0.25, -0.2) is 0 Å². The number of hydrogen-bond donors (Lipinski definition) is 0. The molecule has 0 saturated carbocycles. The largest absolute Gasteiger partial charge is 0.413 e. The van der Waals surface area contributed by atoms with Crippen molar-refractivity contribution in [3.8, 4) is 0 Å². The summed E-state index contributed by atoms with van der Waals surface area (Å²) in [5.41, 5.74) is 2.97. The lowest BCUT2D eigenvalue weighted by Crippen LogP contribution is -2.40. The van der Waals surface area contributed by atoms with Crippen LogP contribution in [0, 0.1) is 0 Å². The average Bonchev–Trinajstić information content (AvgIpc) is 2.85. The molecular weight excluding hydrogens is 354 g/mol. The first-order chi connectivity index (χ1) is 12.6. The highest BCUT2D eigenvalue weighted by atomic mass is 28.4. The Bertz CT molecular complexity index is 848. The van der Waals surface area contributed by atoms with Gasteiger partial charge in [0.15, 0.2) is 8.32 Å². The second-order valence-corrected chi connectivity index (χ2v) is 13.4. The standard InChI is InChI=1S/C22H27NO3Si/c1-22(2,3)27(4,5)26-15-17-10-8-9-16(13-17)14-23-20(24)18-11-6-7-12-19(18)21(23)25/h6-13H,14-15H2,1-5H3. The van der Waals surface area contributed by atoms with E-state index in [0.717, 1.165) is 11.1 Å². The number of imide groups is 1. The van der Waals surface area contributed by atoms with Gasteiger partial charge in [-0.2, -0.15) is 0 Å². The first kappa shape index (κ1) is 19.5. The Morgan fingerprint density at radius 1 is 0.889 bits per heavy atom. The number of fused-ring (bicyclic) bond motifs is 1. The average molecular weight is 382 g/mol. The van der Waals surface area contributed by atoms with Crippen LogP contribution < -0.4 is 0 Å². The van der Waals surface area contributed by atoms with E-state index < -0.39 is 8.32 Å². The van der Waals surface area contributed by atoms with Crippen molar-refractivity contribution >= 4 is 20.1 Å². The first-order valence-corrected chi connectivity index (χ1v) is 12.2. The SMILES string of the molecule is CC(C)(C)[Si](C)(C)OCc1cccc(CN2C(=O)c3ccccc3C2=O)c1. The van der Waals surface area contributed by atoms with E-state index in [1.807, 2.05) is 24.3 Å². The number of nitrogens with zero attached hydrogens (tertiary/aromatic N) is 1. The maximum absolute atomic E-state index is 12.5. The van der Waals surface area contributed by atoms with Crippen molar-refractivity contribution < 1.29 is 14.0 Å². The zero-order valence-electron chi connectivity index (χ0n) is 16.7. The number of carbonyl (C=O) groups is 2. The molecule has 0 bridgehead atoms. The van der Waals surface area contributed by atoms with Crippen LogP contribution in [0.2, 0.25) is 18.1 Å². The van der Waals surface area contributed by atoms with Crippen LogP contribution in [0.15, 0.2) is 48.5 Å². The quantitative estimate of drug-likeness (QED) is 0.540. The van der Waals surface area contributed by atoms with Crippen LogP contribution in [-0.4, -0.2) is 25.0 Å². The van der Waals surface area contributed by atoms with E-state index in [9.17, 15) is 9.59 Å². The Morgan fingerprint density at radius 3 is 2.00 bits per heavy atom. The fourth-order valence-electron chi connectivity index (χ4n) is 2.86. The van der Waals surface area contributed by atoms with E-state index >= 15 is 0 Å². The normalized spacial score (nSPS) is 14.6. The predicted octanol–water partition coefficient (Wildman–Crippen LogP) is 5.00. The van der Waals surface area contributed by atoms with Crippen LogP contribution in [0.3, 0.4) is 0 Å². The van der Waals surface area contributed by atoms with E-state index in [4.69, 9.17) is 4.43 Å². The van der Waals surface area contributed by atoms with E-state index in [-0.39, 0.29) is 23.4 Å². The van der Waals surface area contributed by atoms with Gasteiger partial charge < -0.3 is 4.43 Å². The fraction of sp³-hybridized carbons (Fsp3) is 0.364. The Morgan fingerprint density at radius 2 is 1.44 bits per heavy atom. The van der Waals surface area contributed by atoms with Crippen molar-refractivity contribution in [3.63, 3.8) is 0 Å². The molecule has 5 heteroatoms. The molecule has 0 aromatic heterocycles. The minimum Gasteiger partial charge on any atom is -0.413 e. The fourth-order valence-corrected chi connectivity index (χ4v) is 3.82. The molecule has 142 valence electrons. The molecule has 4 nitrogen and oxygen atoms in total. The molecule has 1 aliphatic rings. The molecule has 0 aliphatic carbocycles. The lowest BCUT2D eigenvalue weighted by molar-refractivity contribution is 0.0642. The third-order valence-corrected chi connectivity index (χ3v) is 10.1. The van der Waals surface area contributed by atoms with Crippen LogP contribution in [0.1, 0.15) is 52.6 Å². The number of hydrogen-bond acceptors (Lipinski definition) is 3. The summed E-state index contributed by atoms with van der Waals surface area (Å²) < 4.78 is 6.29. The van der Waals surface area contributed by atoms with Gasteiger partial charge >= 0.3 is 0 Å². The smallest absolute Gasteiger partial charge is 0.261 e. The third kappa shape index (κ3) is 3.89. The van der Waals surface area contributed by atoms with Gasteiger partial charge in [0.1, 0.15) is 0 Å². The second-order valence-electron chi connectivity index (χ2n) is 8.61. The van der Waals surface area contributed by atoms with Gasteiger partial charge in [-0.05, 0) is 41.4 Å². The molecule has 0 unspecified atom stereocenters. The Kier molecular flexibility index (Phi) is 5.10. The summed E-state index contributed by atoms with van der Waals surface area (Å²) in [5.74, 6) is -0.447. The van der Waals surface area contributed by atoms with Crippen molar-refractivity contribution in [1.82, 2.24) is 4.90 Å². The molecule has 0 fully saturated rings. The van der Waals surface area contributed by atoms with E-state index in [1.54, 1.807) is 24.3 Å². The van der Waals surface area contributed by atoms with Gasteiger partial charge in [0.2, 0.25) is 0 Å². The summed E-state index contributed by atoms with van der Waals surface area (Å²) in [5, 5.41) is 0.158. The van der Waals surface area contributed by atoms with Gasteiger partial charge in [0, 0.05) is 0 Å². The molecule has 3 rings (SSSR count). The van der Waals surface area contributed by atoms with Crippen LogP contribution in [0.4, 0.5) is 0 Å². The topological polar surface area (TPSA) is 46.6 Å². The molecule has 27 heavy (non-hydrogen) atoms. The summed E-state index contributed by atoms with van der Waals surface area (Å²) in [4.78, 5) is 26.4. The van der Waals surface area contributed by atoms with Crippen LogP contribution in [0.5, 0.6) is 0 Å². The van der Waals surface area contributed by atoms with Crippen molar-refractivity contribution in [3.05, 3.63) is 70.8 Å². The van der Waals surface area contributed by atoms with Crippen LogP contribution >= 0.6 is 0 Å². The molecule has 2 aromatic rings. The highest BCUT2D eigenvalue weighted by Crippen LogP contribution is 2.37. The van der Waals surface area contributed by atoms with Crippen molar-refractivity contribution in [1.29, 1.82) is 0 Å². The van der Waals surface area contributed by atoms with E-state index in [1.165, 1.54) is 4.90 Å². The molecule has 0 atom stereocenters. The van der Waals surface area contributed by atoms with Gasteiger partial charge in [-0.3, -0.25) is 14.5 Å². The molecule has 0 radical (unpaired) electrons. The molecular formula is C22H27NO3Si. The molecule has 1 aliphatic heterocycles. The monoisotopic (exact) mass is 381 g/mol. The summed E-state index contributed by atoms with van der Waals surface area (Å²) in [6.07, 6.45) is 0. The molecule has 2 amide bonds. The summed E-state index contributed by atoms with van der Waals surface area (Å²) in [6.45, 7) is 12.0. The van der Waals surface area contributed by atoms with Gasteiger partial charge in [-0.15, -0.1) is 0 Å². The molecule has 2 aromatic carbocycles. The summed E-state index contributed by atoms with van der Waals surface area (Å²) in [6, 6.07) is 14.9. The number of amides is 2. The minimum atomic E-state index is -1.82. The summed E-state index contributed by atoms with van der Waals surface area (Å²) >= 11 is 0. The lowest BCUT2D eigenvalue weighted by Gasteiger charge is -2.36. The maximum Gasteiger partial charge on any atom is 0.261 e. The molecule has 1 heterocycles. The predicted molar refractivity (Wildman–Crippen MR) is 109 cm³/mol.